The molecule has 8 nitrogen and oxygen atoms in total. The van der Waals surface area contributed by atoms with E-state index < -0.39 is 11.2 Å². The molecular weight excluding hydrogens is 341 g/mol. The molecule has 0 unspecified atom stereocenters. The van der Waals surface area contributed by atoms with Gasteiger partial charge in [-0.25, -0.2) is 9.18 Å². The van der Waals surface area contributed by atoms with Gasteiger partial charge in [0.15, 0.2) is 11.2 Å². The van der Waals surface area contributed by atoms with Crippen molar-refractivity contribution in [3.63, 3.8) is 0 Å². The van der Waals surface area contributed by atoms with Crippen LogP contribution in [0.3, 0.4) is 0 Å². The van der Waals surface area contributed by atoms with E-state index in [1.54, 1.807) is 34.3 Å². The number of aliphatic hydroxyl groups is 1. The van der Waals surface area contributed by atoms with E-state index in [0.717, 1.165) is 10.1 Å². The highest BCUT2D eigenvalue weighted by molar-refractivity contribution is 5.78. The Kier molecular flexibility index (Phi) is 3.55. The van der Waals surface area contributed by atoms with Crippen LogP contribution in [0.1, 0.15) is 0 Å². The van der Waals surface area contributed by atoms with Gasteiger partial charge in [-0.15, -0.1) is 0 Å². The summed E-state index contributed by atoms with van der Waals surface area (Å²) >= 11 is 0. The standard InChI is InChI=1S/C17H16FN5O3/c1-20-14-13(15(25)21(2)17(20)26)23-9-12(10-3-5-11(18)6-4-10)22(7-8-24)16(23)19-14/h3-6,9,24H,7-8H2,1-2H3. The third-order valence-electron chi connectivity index (χ3n) is 4.52. The Morgan fingerprint density at radius 2 is 1.81 bits per heavy atom. The zero-order valence-electron chi connectivity index (χ0n) is 14.2. The summed E-state index contributed by atoms with van der Waals surface area (Å²) in [4.78, 5) is 29.2. The van der Waals surface area contributed by atoms with E-state index in [-0.39, 0.29) is 30.1 Å². The summed E-state index contributed by atoms with van der Waals surface area (Å²) in [6.45, 7) is 0.0967. The summed E-state index contributed by atoms with van der Waals surface area (Å²) in [5.41, 5.74) is 1.02. The van der Waals surface area contributed by atoms with E-state index in [9.17, 15) is 19.1 Å². The van der Waals surface area contributed by atoms with Crippen molar-refractivity contribution in [1.82, 2.24) is 23.1 Å². The molecule has 4 rings (SSSR count). The lowest BCUT2D eigenvalue weighted by atomic mass is 10.1. The second-order valence-electron chi connectivity index (χ2n) is 6.06. The number of imidazole rings is 2. The lowest BCUT2D eigenvalue weighted by Gasteiger charge is -2.07. The van der Waals surface area contributed by atoms with Gasteiger partial charge in [-0.2, -0.15) is 4.98 Å². The van der Waals surface area contributed by atoms with Gasteiger partial charge < -0.3 is 9.67 Å². The molecule has 4 aromatic rings. The minimum absolute atomic E-state index is 0.140. The second kappa shape index (κ2) is 5.67. The molecular formula is C17H16FN5O3. The summed E-state index contributed by atoms with van der Waals surface area (Å²) < 4.78 is 18.9. The van der Waals surface area contributed by atoms with Crippen LogP contribution in [0.2, 0.25) is 0 Å². The van der Waals surface area contributed by atoms with Crippen molar-refractivity contribution in [2.45, 2.75) is 6.54 Å². The van der Waals surface area contributed by atoms with Crippen LogP contribution in [0.4, 0.5) is 4.39 Å². The Balaban J connectivity index is 2.13. The molecule has 0 atom stereocenters. The quantitative estimate of drug-likeness (QED) is 0.578. The number of aromatic nitrogens is 5. The highest BCUT2D eigenvalue weighted by Gasteiger charge is 2.20. The molecule has 26 heavy (non-hydrogen) atoms. The number of benzene rings is 1. The Labute approximate surface area is 146 Å². The summed E-state index contributed by atoms with van der Waals surface area (Å²) in [7, 11) is 2.96. The SMILES string of the molecule is Cn1c(=O)c2c(nc3n(CCO)c(-c4ccc(F)cc4)cn23)n(C)c1=O. The van der Waals surface area contributed by atoms with Crippen molar-refractivity contribution >= 4 is 16.9 Å². The molecule has 134 valence electrons. The number of hydrogen-bond donors (Lipinski definition) is 1. The first kappa shape index (κ1) is 16.3. The van der Waals surface area contributed by atoms with Crippen molar-refractivity contribution in [1.29, 1.82) is 0 Å². The van der Waals surface area contributed by atoms with Crippen LogP contribution in [0, 0.1) is 5.82 Å². The topological polar surface area (TPSA) is 86.5 Å². The zero-order valence-corrected chi connectivity index (χ0v) is 14.2. The molecule has 0 spiro atoms. The maximum Gasteiger partial charge on any atom is 0.332 e. The van der Waals surface area contributed by atoms with Gasteiger partial charge in [0.25, 0.3) is 5.56 Å². The predicted octanol–water partition coefficient (Wildman–Crippen LogP) is 0.485. The van der Waals surface area contributed by atoms with E-state index in [2.05, 4.69) is 4.98 Å². The van der Waals surface area contributed by atoms with Gasteiger partial charge in [-0.05, 0) is 29.8 Å². The fourth-order valence-electron chi connectivity index (χ4n) is 3.19. The zero-order chi connectivity index (χ0) is 18.6. The van der Waals surface area contributed by atoms with E-state index in [1.807, 2.05) is 0 Å². The largest absolute Gasteiger partial charge is 0.395 e. The van der Waals surface area contributed by atoms with E-state index in [1.165, 1.54) is 23.7 Å². The minimum atomic E-state index is -0.462. The summed E-state index contributed by atoms with van der Waals surface area (Å²) in [6, 6.07) is 5.92. The molecule has 9 heteroatoms. The third kappa shape index (κ3) is 2.14. The van der Waals surface area contributed by atoms with E-state index in [0.29, 0.717) is 11.5 Å². The van der Waals surface area contributed by atoms with Crippen molar-refractivity contribution in [2.75, 3.05) is 6.61 Å². The smallest absolute Gasteiger partial charge is 0.332 e. The Bertz CT molecular complexity index is 1260. The predicted molar refractivity (Wildman–Crippen MR) is 93.6 cm³/mol. The van der Waals surface area contributed by atoms with Gasteiger partial charge in [-0.1, -0.05) is 0 Å². The van der Waals surface area contributed by atoms with Crippen molar-refractivity contribution in [2.24, 2.45) is 14.1 Å². The van der Waals surface area contributed by atoms with Crippen LogP contribution in [0.15, 0.2) is 40.1 Å². The molecule has 0 aliphatic carbocycles. The van der Waals surface area contributed by atoms with Gasteiger partial charge >= 0.3 is 5.69 Å². The monoisotopic (exact) mass is 357 g/mol. The number of aliphatic hydroxyl groups excluding tert-OH is 1. The molecule has 0 bridgehead atoms. The maximum atomic E-state index is 13.2. The summed E-state index contributed by atoms with van der Waals surface area (Å²) in [6.07, 6.45) is 1.71. The number of halogens is 1. The first-order chi connectivity index (χ1) is 12.4. The number of hydrogen-bond acceptors (Lipinski definition) is 4. The first-order valence-electron chi connectivity index (χ1n) is 7.98. The average molecular weight is 357 g/mol. The molecule has 1 aromatic carbocycles. The maximum absolute atomic E-state index is 13.2. The number of aryl methyl sites for hydroxylation is 1. The van der Waals surface area contributed by atoms with E-state index >= 15 is 0 Å². The lowest BCUT2D eigenvalue weighted by molar-refractivity contribution is 0.278. The summed E-state index contributed by atoms with van der Waals surface area (Å²) in [5.74, 6) is 0.0692. The normalized spacial score (nSPS) is 11.7. The number of nitrogens with zero attached hydrogens (tertiary/aromatic N) is 5. The van der Waals surface area contributed by atoms with Gasteiger partial charge in [0, 0.05) is 26.8 Å². The Morgan fingerprint density at radius 3 is 2.46 bits per heavy atom. The minimum Gasteiger partial charge on any atom is -0.395 e. The van der Waals surface area contributed by atoms with Crippen LogP contribution in [-0.2, 0) is 20.6 Å². The van der Waals surface area contributed by atoms with Gasteiger partial charge in [0.05, 0.1) is 12.3 Å². The molecule has 0 saturated heterocycles. The van der Waals surface area contributed by atoms with Gasteiger partial charge in [-0.3, -0.25) is 18.3 Å². The third-order valence-corrected chi connectivity index (χ3v) is 4.52. The summed E-state index contributed by atoms with van der Waals surface area (Å²) in [5, 5.41) is 9.45. The molecule has 0 amide bonds. The Hall–Kier alpha value is -3.20. The first-order valence-corrected chi connectivity index (χ1v) is 7.98. The van der Waals surface area contributed by atoms with Crippen LogP contribution in [0.25, 0.3) is 28.2 Å². The molecule has 3 heterocycles. The molecule has 0 radical (unpaired) electrons. The molecule has 1 N–H and O–H groups in total. The lowest BCUT2D eigenvalue weighted by Crippen LogP contribution is -2.37. The molecule has 0 saturated carbocycles. The van der Waals surface area contributed by atoms with Crippen LogP contribution in [0.5, 0.6) is 0 Å². The van der Waals surface area contributed by atoms with Crippen molar-refractivity contribution < 1.29 is 9.50 Å². The fraction of sp³-hybridized carbons (Fsp3) is 0.235. The van der Waals surface area contributed by atoms with Crippen LogP contribution >= 0.6 is 0 Å². The average Bonchev–Trinajstić information content (AvgIpc) is 3.16. The second-order valence-corrected chi connectivity index (χ2v) is 6.06. The van der Waals surface area contributed by atoms with Crippen molar-refractivity contribution in [3.05, 3.63) is 57.1 Å². The number of rotatable bonds is 3. The molecule has 3 aromatic heterocycles. The van der Waals surface area contributed by atoms with Gasteiger partial charge in [0.2, 0.25) is 5.78 Å². The van der Waals surface area contributed by atoms with Crippen LogP contribution in [-0.4, -0.2) is 34.8 Å². The van der Waals surface area contributed by atoms with Gasteiger partial charge in [0.1, 0.15) is 5.82 Å². The van der Waals surface area contributed by atoms with Crippen molar-refractivity contribution in [3.8, 4) is 11.3 Å². The fourth-order valence-corrected chi connectivity index (χ4v) is 3.19. The van der Waals surface area contributed by atoms with Crippen LogP contribution < -0.4 is 11.2 Å². The molecule has 0 aliphatic heterocycles. The van der Waals surface area contributed by atoms with E-state index in [4.69, 9.17) is 0 Å². The molecule has 0 fully saturated rings. The Morgan fingerprint density at radius 1 is 1.12 bits per heavy atom. The highest BCUT2D eigenvalue weighted by atomic mass is 19.1. The molecule has 0 aliphatic rings. The number of fused-ring (bicyclic) bond motifs is 3. The highest BCUT2D eigenvalue weighted by Crippen LogP contribution is 2.25.